The molecule has 0 aliphatic carbocycles. The van der Waals surface area contributed by atoms with Crippen molar-refractivity contribution < 1.29 is 29.0 Å². The number of carboxylic acid groups (broad SMARTS) is 1. The second-order valence-electron chi connectivity index (χ2n) is 7.46. The molecule has 2 rings (SSSR count). The standard InChI is InChI=1S/C19H26N2O6/c1-19(2,3)27-18(25)21-10-9-14(11-15(21)16(22)23)20-17(24)26-12-13-7-5-4-6-8-13/h4-8,14-15H,9-12H2,1-3H3,(H,20,24)(H,22,23). The van der Waals surface area contributed by atoms with Gasteiger partial charge in [0.05, 0.1) is 0 Å². The molecule has 8 heteroatoms. The third-order valence-corrected chi connectivity index (χ3v) is 4.05. The fourth-order valence-corrected chi connectivity index (χ4v) is 2.80. The summed E-state index contributed by atoms with van der Waals surface area (Å²) in [6.07, 6.45) is -0.767. The van der Waals surface area contributed by atoms with E-state index in [1.54, 1.807) is 20.8 Å². The van der Waals surface area contributed by atoms with Gasteiger partial charge in [-0.25, -0.2) is 14.4 Å². The number of nitrogens with one attached hydrogen (secondary N) is 1. The maximum atomic E-state index is 12.2. The summed E-state index contributed by atoms with van der Waals surface area (Å²) in [6.45, 7) is 5.47. The summed E-state index contributed by atoms with van der Waals surface area (Å²) in [5.74, 6) is -1.13. The van der Waals surface area contributed by atoms with E-state index in [1.807, 2.05) is 30.3 Å². The quantitative estimate of drug-likeness (QED) is 0.835. The average Bonchev–Trinajstić information content (AvgIpc) is 2.59. The Labute approximate surface area is 158 Å². The van der Waals surface area contributed by atoms with Crippen LogP contribution in [0.25, 0.3) is 0 Å². The van der Waals surface area contributed by atoms with Gasteiger partial charge < -0.3 is 19.9 Å². The minimum Gasteiger partial charge on any atom is -0.480 e. The molecule has 0 spiro atoms. The highest BCUT2D eigenvalue weighted by atomic mass is 16.6. The average molecular weight is 378 g/mol. The van der Waals surface area contributed by atoms with Crippen LogP contribution in [0.1, 0.15) is 39.2 Å². The van der Waals surface area contributed by atoms with Gasteiger partial charge in [0.25, 0.3) is 0 Å². The molecule has 1 aromatic carbocycles. The zero-order chi connectivity index (χ0) is 20.0. The summed E-state index contributed by atoms with van der Waals surface area (Å²) < 4.78 is 10.4. The molecule has 148 valence electrons. The summed E-state index contributed by atoms with van der Waals surface area (Å²) in [4.78, 5) is 37.0. The molecule has 2 amide bonds. The number of piperidine rings is 1. The van der Waals surface area contributed by atoms with Gasteiger partial charge in [-0.3, -0.25) is 4.90 Å². The molecule has 2 atom stereocenters. The van der Waals surface area contributed by atoms with Gasteiger partial charge in [0.15, 0.2) is 0 Å². The molecule has 1 aliphatic rings. The Kier molecular flexibility index (Phi) is 6.65. The van der Waals surface area contributed by atoms with Gasteiger partial charge in [0, 0.05) is 12.6 Å². The van der Waals surface area contributed by atoms with Crippen molar-refractivity contribution in [2.45, 2.75) is 57.9 Å². The Morgan fingerprint density at radius 3 is 2.48 bits per heavy atom. The number of hydrogen-bond donors (Lipinski definition) is 2. The predicted octanol–water partition coefficient (Wildman–Crippen LogP) is 2.77. The van der Waals surface area contributed by atoms with Crippen LogP contribution in [0.2, 0.25) is 0 Å². The molecule has 2 unspecified atom stereocenters. The molecular weight excluding hydrogens is 352 g/mol. The van der Waals surface area contributed by atoms with Crippen LogP contribution < -0.4 is 5.32 Å². The lowest BCUT2D eigenvalue weighted by molar-refractivity contribution is -0.144. The van der Waals surface area contributed by atoms with Crippen LogP contribution in [0.15, 0.2) is 30.3 Å². The molecule has 1 aliphatic heterocycles. The number of alkyl carbamates (subject to hydrolysis) is 1. The maximum Gasteiger partial charge on any atom is 0.411 e. The first-order valence-electron chi connectivity index (χ1n) is 8.85. The third kappa shape index (κ3) is 6.47. The number of benzene rings is 1. The van der Waals surface area contributed by atoms with Crippen molar-refractivity contribution in [1.29, 1.82) is 0 Å². The van der Waals surface area contributed by atoms with Crippen molar-refractivity contribution in [3.8, 4) is 0 Å². The fraction of sp³-hybridized carbons (Fsp3) is 0.526. The molecule has 1 aromatic rings. The van der Waals surface area contributed by atoms with Gasteiger partial charge in [-0.05, 0) is 39.2 Å². The van der Waals surface area contributed by atoms with Crippen LogP contribution in [-0.4, -0.2) is 52.4 Å². The molecule has 0 radical (unpaired) electrons. The van der Waals surface area contributed by atoms with Gasteiger partial charge in [-0.1, -0.05) is 30.3 Å². The summed E-state index contributed by atoms with van der Waals surface area (Å²) >= 11 is 0. The van der Waals surface area contributed by atoms with Crippen LogP contribution >= 0.6 is 0 Å². The molecule has 1 heterocycles. The molecule has 0 bridgehead atoms. The van der Waals surface area contributed by atoms with Crippen molar-refractivity contribution in [1.82, 2.24) is 10.2 Å². The van der Waals surface area contributed by atoms with E-state index >= 15 is 0 Å². The number of aliphatic carboxylic acids is 1. The zero-order valence-corrected chi connectivity index (χ0v) is 15.8. The lowest BCUT2D eigenvalue weighted by Gasteiger charge is -2.37. The second kappa shape index (κ2) is 8.75. The Bertz CT molecular complexity index is 671. The second-order valence-corrected chi connectivity index (χ2v) is 7.46. The fourth-order valence-electron chi connectivity index (χ4n) is 2.80. The minimum absolute atomic E-state index is 0.0923. The van der Waals surface area contributed by atoms with Crippen LogP contribution in [0, 0.1) is 0 Å². The number of nitrogens with zero attached hydrogens (tertiary/aromatic N) is 1. The van der Waals surface area contributed by atoms with Crippen molar-refractivity contribution in [2.24, 2.45) is 0 Å². The highest BCUT2D eigenvalue weighted by Crippen LogP contribution is 2.21. The van der Waals surface area contributed by atoms with Gasteiger partial charge in [0.1, 0.15) is 18.2 Å². The Morgan fingerprint density at radius 2 is 1.89 bits per heavy atom. The SMILES string of the molecule is CC(C)(C)OC(=O)N1CCC(NC(=O)OCc2ccccc2)CC1C(=O)O. The van der Waals surface area contributed by atoms with E-state index in [2.05, 4.69) is 5.32 Å². The van der Waals surface area contributed by atoms with E-state index in [1.165, 1.54) is 4.90 Å². The van der Waals surface area contributed by atoms with Crippen LogP contribution in [0.3, 0.4) is 0 Å². The van der Waals surface area contributed by atoms with Crippen LogP contribution in [-0.2, 0) is 20.9 Å². The number of hydrogen-bond acceptors (Lipinski definition) is 5. The number of likely N-dealkylation sites (tertiary alicyclic amines) is 1. The summed E-state index contributed by atoms with van der Waals surface area (Å²) in [6, 6.07) is 7.79. The summed E-state index contributed by atoms with van der Waals surface area (Å²) in [5, 5.41) is 12.1. The molecule has 2 N–H and O–H groups in total. The third-order valence-electron chi connectivity index (χ3n) is 4.05. The zero-order valence-electron chi connectivity index (χ0n) is 15.8. The number of carbonyl (C=O) groups excluding carboxylic acids is 2. The van der Waals surface area contributed by atoms with Crippen molar-refractivity contribution >= 4 is 18.2 Å². The molecule has 1 saturated heterocycles. The van der Waals surface area contributed by atoms with Crippen LogP contribution in [0.4, 0.5) is 9.59 Å². The molecule has 0 saturated carbocycles. The molecule has 27 heavy (non-hydrogen) atoms. The van der Waals surface area contributed by atoms with Gasteiger partial charge >= 0.3 is 18.2 Å². The number of carbonyl (C=O) groups is 3. The number of rotatable bonds is 4. The smallest absolute Gasteiger partial charge is 0.411 e. The Morgan fingerprint density at radius 1 is 1.22 bits per heavy atom. The lowest BCUT2D eigenvalue weighted by atomic mass is 9.97. The predicted molar refractivity (Wildman–Crippen MR) is 97.1 cm³/mol. The number of ether oxygens (including phenoxy) is 2. The molecule has 1 fully saturated rings. The molecular formula is C19H26N2O6. The lowest BCUT2D eigenvalue weighted by Crippen LogP contribution is -2.55. The highest BCUT2D eigenvalue weighted by molar-refractivity contribution is 5.80. The topological polar surface area (TPSA) is 105 Å². The first kappa shape index (κ1) is 20.5. The maximum absolute atomic E-state index is 12.2. The largest absolute Gasteiger partial charge is 0.480 e. The van der Waals surface area contributed by atoms with Crippen LogP contribution in [0.5, 0.6) is 0 Å². The van der Waals surface area contributed by atoms with Crippen molar-refractivity contribution in [3.63, 3.8) is 0 Å². The van der Waals surface area contributed by atoms with E-state index in [4.69, 9.17) is 9.47 Å². The molecule has 8 nitrogen and oxygen atoms in total. The summed E-state index contributed by atoms with van der Waals surface area (Å²) in [5.41, 5.74) is 0.145. The normalized spacial score (nSPS) is 19.9. The van der Waals surface area contributed by atoms with Gasteiger partial charge in [0.2, 0.25) is 0 Å². The molecule has 0 aromatic heterocycles. The Balaban J connectivity index is 1.89. The van der Waals surface area contributed by atoms with E-state index in [9.17, 15) is 19.5 Å². The number of carboxylic acids is 1. The van der Waals surface area contributed by atoms with E-state index in [-0.39, 0.29) is 19.6 Å². The van der Waals surface area contributed by atoms with E-state index in [0.717, 1.165) is 5.56 Å². The van der Waals surface area contributed by atoms with E-state index in [0.29, 0.717) is 6.42 Å². The first-order chi connectivity index (χ1) is 12.7. The monoisotopic (exact) mass is 378 g/mol. The summed E-state index contributed by atoms with van der Waals surface area (Å²) in [7, 11) is 0. The van der Waals surface area contributed by atoms with E-state index < -0.39 is 35.8 Å². The van der Waals surface area contributed by atoms with Gasteiger partial charge in [-0.2, -0.15) is 0 Å². The number of amides is 2. The minimum atomic E-state index is -1.13. The Hall–Kier alpha value is -2.77. The highest BCUT2D eigenvalue weighted by Gasteiger charge is 2.38. The van der Waals surface area contributed by atoms with Crippen molar-refractivity contribution in [2.75, 3.05) is 6.54 Å². The van der Waals surface area contributed by atoms with Gasteiger partial charge in [-0.15, -0.1) is 0 Å². The van der Waals surface area contributed by atoms with Crippen molar-refractivity contribution in [3.05, 3.63) is 35.9 Å². The first-order valence-corrected chi connectivity index (χ1v) is 8.85.